The Hall–Kier alpha value is -2.76. The molecule has 0 saturated carbocycles. The van der Waals surface area contributed by atoms with Crippen LogP contribution in [0.15, 0.2) is 47.3 Å². The van der Waals surface area contributed by atoms with Crippen molar-refractivity contribution in [1.29, 1.82) is 0 Å². The first-order chi connectivity index (χ1) is 15.2. The van der Waals surface area contributed by atoms with Crippen molar-refractivity contribution in [2.24, 2.45) is 5.73 Å². The summed E-state index contributed by atoms with van der Waals surface area (Å²) in [6.07, 6.45) is -0.733. The van der Waals surface area contributed by atoms with Crippen molar-refractivity contribution >= 4 is 17.3 Å². The summed E-state index contributed by atoms with van der Waals surface area (Å²) in [5, 5.41) is 20.0. The Morgan fingerprint density at radius 3 is 2.50 bits per heavy atom. The van der Waals surface area contributed by atoms with E-state index in [-0.39, 0.29) is 0 Å². The van der Waals surface area contributed by atoms with Gasteiger partial charge in [-0.05, 0) is 52.9 Å². The molecule has 1 atom stereocenters. The second-order valence-electron chi connectivity index (χ2n) is 7.56. The van der Waals surface area contributed by atoms with Crippen molar-refractivity contribution in [1.82, 2.24) is 19.9 Å². The van der Waals surface area contributed by atoms with Crippen molar-refractivity contribution in [3.8, 4) is 11.1 Å². The maximum Gasteiger partial charge on any atom is 0.490 e. The van der Waals surface area contributed by atoms with Crippen molar-refractivity contribution in [3.63, 3.8) is 0 Å². The second-order valence-corrected chi connectivity index (χ2v) is 8.34. The summed E-state index contributed by atoms with van der Waals surface area (Å²) in [6, 6.07) is 11.1. The van der Waals surface area contributed by atoms with Gasteiger partial charge >= 0.3 is 12.1 Å². The van der Waals surface area contributed by atoms with E-state index < -0.39 is 12.1 Å². The summed E-state index contributed by atoms with van der Waals surface area (Å²) in [5.41, 5.74) is 10.8. The maximum absolute atomic E-state index is 10.6. The molecule has 2 aromatic heterocycles. The Labute approximate surface area is 187 Å². The number of hydrogen-bond acceptors (Lipinski definition) is 6. The Bertz CT molecular complexity index is 990. The number of nitrogens with two attached hydrogens (primary N) is 1. The molecule has 0 spiro atoms. The van der Waals surface area contributed by atoms with Gasteiger partial charge in [0, 0.05) is 19.1 Å². The van der Waals surface area contributed by atoms with Gasteiger partial charge in [-0.25, -0.2) is 9.48 Å². The van der Waals surface area contributed by atoms with Gasteiger partial charge in [0.25, 0.3) is 0 Å². The molecule has 1 aliphatic rings. The lowest BCUT2D eigenvalue weighted by molar-refractivity contribution is -0.192. The maximum atomic E-state index is 10.6. The molecule has 3 heterocycles. The SMILES string of the molecule is NC1CCCN(Cc2cn(Cc3ccc(-c4ccsc4)cc3)nn2)C1.O=C(O)C(F)(F)F. The normalized spacial score (nSPS) is 16.9. The molecule has 0 aliphatic carbocycles. The lowest BCUT2D eigenvalue weighted by Crippen LogP contribution is -2.42. The number of alkyl halides is 3. The van der Waals surface area contributed by atoms with Crippen LogP contribution in [0.3, 0.4) is 0 Å². The molecule has 0 radical (unpaired) electrons. The van der Waals surface area contributed by atoms with Crippen LogP contribution < -0.4 is 5.73 Å². The monoisotopic (exact) mass is 467 g/mol. The molecule has 1 aliphatic heterocycles. The molecule has 172 valence electrons. The largest absolute Gasteiger partial charge is 0.490 e. The van der Waals surface area contributed by atoms with Gasteiger partial charge < -0.3 is 10.8 Å². The highest BCUT2D eigenvalue weighted by molar-refractivity contribution is 7.08. The summed E-state index contributed by atoms with van der Waals surface area (Å²) >= 11 is 1.72. The van der Waals surface area contributed by atoms with E-state index in [4.69, 9.17) is 15.6 Å². The molecule has 3 N–H and O–H groups in total. The molecule has 1 aromatic carbocycles. The van der Waals surface area contributed by atoms with Gasteiger partial charge in [-0.2, -0.15) is 24.5 Å². The van der Waals surface area contributed by atoms with E-state index in [1.807, 2.05) is 10.9 Å². The zero-order valence-corrected chi connectivity index (χ0v) is 18.0. The minimum Gasteiger partial charge on any atom is -0.475 e. The van der Waals surface area contributed by atoms with Gasteiger partial charge in [-0.15, -0.1) is 5.10 Å². The van der Waals surface area contributed by atoms with Crippen LogP contribution in [-0.2, 0) is 17.9 Å². The lowest BCUT2D eigenvalue weighted by atomic mass is 10.1. The molecular formula is C21H24F3N5O2S. The van der Waals surface area contributed by atoms with Crippen molar-refractivity contribution in [2.45, 2.75) is 38.1 Å². The summed E-state index contributed by atoms with van der Waals surface area (Å²) < 4.78 is 33.7. The number of halogens is 3. The van der Waals surface area contributed by atoms with Crippen LogP contribution in [-0.4, -0.2) is 56.3 Å². The highest BCUT2D eigenvalue weighted by atomic mass is 32.1. The smallest absolute Gasteiger partial charge is 0.475 e. The average Bonchev–Trinajstić information content (AvgIpc) is 3.41. The van der Waals surface area contributed by atoms with Crippen LogP contribution in [0.1, 0.15) is 24.1 Å². The molecule has 11 heteroatoms. The van der Waals surface area contributed by atoms with Crippen LogP contribution in [0.25, 0.3) is 11.1 Å². The van der Waals surface area contributed by atoms with Gasteiger partial charge in [0.05, 0.1) is 18.4 Å². The van der Waals surface area contributed by atoms with E-state index >= 15 is 0 Å². The number of aromatic nitrogens is 3. The molecule has 4 rings (SSSR count). The first kappa shape index (κ1) is 23.9. The molecule has 0 bridgehead atoms. The lowest BCUT2D eigenvalue weighted by Gasteiger charge is -2.29. The fourth-order valence-corrected chi connectivity index (χ4v) is 4.04. The summed E-state index contributed by atoms with van der Waals surface area (Å²) in [7, 11) is 0. The van der Waals surface area contributed by atoms with Crippen LogP contribution in [0, 0.1) is 0 Å². The Balaban J connectivity index is 0.000000360. The predicted octanol–water partition coefficient (Wildman–Crippen LogP) is 3.61. The van der Waals surface area contributed by atoms with Crippen LogP contribution in [0.2, 0.25) is 0 Å². The Morgan fingerprint density at radius 2 is 1.91 bits per heavy atom. The average molecular weight is 468 g/mol. The third-order valence-corrected chi connectivity index (χ3v) is 5.59. The zero-order chi connectivity index (χ0) is 23.1. The molecule has 7 nitrogen and oxygen atoms in total. The van der Waals surface area contributed by atoms with Crippen LogP contribution in [0.4, 0.5) is 13.2 Å². The fraction of sp³-hybridized carbons (Fsp3) is 0.381. The molecular weight excluding hydrogens is 443 g/mol. The summed E-state index contributed by atoms with van der Waals surface area (Å²) in [4.78, 5) is 11.3. The second kappa shape index (κ2) is 10.7. The predicted molar refractivity (Wildman–Crippen MR) is 115 cm³/mol. The highest BCUT2D eigenvalue weighted by Crippen LogP contribution is 2.22. The Morgan fingerprint density at radius 1 is 1.19 bits per heavy atom. The third kappa shape index (κ3) is 7.14. The number of nitrogens with zero attached hydrogens (tertiary/aromatic N) is 4. The molecule has 0 amide bonds. The number of likely N-dealkylation sites (tertiary alicyclic amines) is 1. The van der Waals surface area contributed by atoms with E-state index in [0.29, 0.717) is 6.04 Å². The topological polar surface area (TPSA) is 97.3 Å². The van der Waals surface area contributed by atoms with E-state index in [9.17, 15) is 13.2 Å². The minimum atomic E-state index is -5.08. The number of hydrogen-bond donors (Lipinski definition) is 2. The first-order valence-corrected chi connectivity index (χ1v) is 10.9. The van der Waals surface area contributed by atoms with Gasteiger partial charge in [-0.3, -0.25) is 4.90 Å². The molecule has 1 unspecified atom stereocenters. The van der Waals surface area contributed by atoms with Gasteiger partial charge in [-0.1, -0.05) is 29.5 Å². The quantitative estimate of drug-likeness (QED) is 0.595. The number of piperidine rings is 1. The fourth-order valence-electron chi connectivity index (χ4n) is 3.37. The van der Waals surface area contributed by atoms with Gasteiger partial charge in [0.1, 0.15) is 0 Å². The number of thiophene rings is 1. The summed E-state index contributed by atoms with van der Waals surface area (Å²) in [5.74, 6) is -2.76. The number of carboxylic acid groups (broad SMARTS) is 1. The Kier molecular flexibility index (Phi) is 7.99. The van der Waals surface area contributed by atoms with Crippen molar-refractivity contribution < 1.29 is 23.1 Å². The highest BCUT2D eigenvalue weighted by Gasteiger charge is 2.38. The third-order valence-electron chi connectivity index (χ3n) is 4.91. The van der Waals surface area contributed by atoms with Crippen molar-refractivity contribution in [2.75, 3.05) is 13.1 Å². The van der Waals surface area contributed by atoms with Crippen LogP contribution >= 0.6 is 11.3 Å². The van der Waals surface area contributed by atoms with Crippen LogP contribution in [0.5, 0.6) is 0 Å². The first-order valence-electron chi connectivity index (χ1n) is 9.99. The molecule has 1 saturated heterocycles. The molecule has 32 heavy (non-hydrogen) atoms. The standard InChI is InChI=1S/C19H23N5S.C2HF3O2/c20-18-2-1-8-23(11-18)12-19-13-24(22-21-19)10-15-3-5-16(6-4-15)17-7-9-25-14-17;3-2(4,5)1(6)7/h3-7,9,13-14,18H,1-2,8,10-12,20H2;(H,6,7). The number of aliphatic carboxylic acids is 1. The molecule has 1 fully saturated rings. The minimum absolute atomic E-state index is 0.297. The van der Waals surface area contributed by atoms with E-state index in [1.54, 1.807) is 11.3 Å². The van der Waals surface area contributed by atoms with E-state index in [2.05, 4.69) is 56.3 Å². The number of carboxylic acids is 1. The van der Waals surface area contributed by atoms with Gasteiger partial charge in [0.15, 0.2) is 0 Å². The van der Waals surface area contributed by atoms with Crippen molar-refractivity contribution in [3.05, 3.63) is 58.5 Å². The number of carbonyl (C=O) groups is 1. The number of rotatable bonds is 5. The summed E-state index contributed by atoms with van der Waals surface area (Å²) in [6.45, 7) is 3.64. The number of benzene rings is 1. The molecule has 3 aromatic rings. The van der Waals surface area contributed by atoms with E-state index in [1.165, 1.54) is 23.1 Å². The van der Waals surface area contributed by atoms with E-state index in [0.717, 1.165) is 38.3 Å². The zero-order valence-electron chi connectivity index (χ0n) is 17.2. The van der Waals surface area contributed by atoms with Gasteiger partial charge in [0.2, 0.25) is 0 Å².